The van der Waals surface area contributed by atoms with Crippen LogP contribution in [0.15, 0.2) is 12.3 Å². The van der Waals surface area contributed by atoms with Crippen molar-refractivity contribution in [3.05, 3.63) is 12.3 Å². The standard InChI is InChI=1S/C12H19N3/c13-12-6-7-14-15(12)11-3-1-2-10(8-11)9-4-5-9/h6-7,9-11H,1-5,8,13H2. The molecule has 3 nitrogen and oxygen atoms in total. The van der Waals surface area contributed by atoms with Crippen molar-refractivity contribution >= 4 is 5.82 Å². The minimum absolute atomic E-state index is 0.569. The van der Waals surface area contributed by atoms with E-state index in [1.165, 1.54) is 38.5 Å². The Morgan fingerprint density at radius 2 is 2.07 bits per heavy atom. The van der Waals surface area contributed by atoms with Gasteiger partial charge in [-0.25, -0.2) is 4.68 Å². The molecule has 2 aliphatic rings. The summed E-state index contributed by atoms with van der Waals surface area (Å²) in [5, 5.41) is 4.35. The fourth-order valence-electron chi connectivity index (χ4n) is 3.05. The summed E-state index contributed by atoms with van der Waals surface area (Å²) in [6.07, 6.45) is 10.1. The zero-order chi connectivity index (χ0) is 10.3. The van der Waals surface area contributed by atoms with Crippen molar-refractivity contribution in [2.45, 2.75) is 44.6 Å². The summed E-state index contributed by atoms with van der Waals surface area (Å²) in [6, 6.07) is 2.47. The van der Waals surface area contributed by atoms with Crippen molar-refractivity contribution in [1.82, 2.24) is 9.78 Å². The van der Waals surface area contributed by atoms with E-state index in [1.807, 2.05) is 16.9 Å². The zero-order valence-electron chi connectivity index (χ0n) is 9.10. The fourth-order valence-corrected chi connectivity index (χ4v) is 3.05. The first kappa shape index (κ1) is 9.25. The summed E-state index contributed by atoms with van der Waals surface area (Å²) in [5.74, 6) is 2.81. The number of nitrogens with zero attached hydrogens (tertiary/aromatic N) is 2. The maximum Gasteiger partial charge on any atom is 0.121 e. The lowest BCUT2D eigenvalue weighted by Gasteiger charge is -2.29. The van der Waals surface area contributed by atoms with Crippen molar-refractivity contribution in [1.29, 1.82) is 0 Å². The van der Waals surface area contributed by atoms with E-state index in [0.717, 1.165) is 17.7 Å². The number of nitrogen functional groups attached to an aromatic ring is 1. The third kappa shape index (κ3) is 1.75. The molecule has 0 bridgehead atoms. The van der Waals surface area contributed by atoms with E-state index in [-0.39, 0.29) is 0 Å². The van der Waals surface area contributed by atoms with E-state index in [0.29, 0.717) is 6.04 Å². The monoisotopic (exact) mass is 205 g/mol. The molecule has 0 radical (unpaired) electrons. The highest BCUT2D eigenvalue weighted by Crippen LogP contribution is 2.46. The summed E-state index contributed by atoms with van der Waals surface area (Å²) in [4.78, 5) is 0. The maximum atomic E-state index is 5.91. The molecule has 2 N–H and O–H groups in total. The van der Waals surface area contributed by atoms with E-state index in [1.54, 1.807) is 0 Å². The zero-order valence-corrected chi connectivity index (χ0v) is 9.10. The van der Waals surface area contributed by atoms with Gasteiger partial charge in [0.1, 0.15) is 5.82 Å². The minimum Gasteiger partial charge on any atom is -0.384 e. The van der Waals surface area contributed by atoms with Gasteiger partial charge in [-0.15, -0.1) is 0 Å². The molecular formula is C12H19N3. The second kappa shape index (κ2) is 3.54. The molecule has 1 heterocycles. The van der Waals surface area contributed by atoms with E-state index < -0.39 is 0 Å². The Labute approximate surface area is 90.7 Å². The quantitative estimate of drug-likeness (QED) is 0.806. The summed E-state index contributed by atoms with van der Waals surface area (Å²) < 4.78 is 2.04. The molecule has 0 saturated heterocycles. The second-order valence-electron chi connectivity index (χ2n) is 5.12. The second-order valence-corrected chi connectivity index (χ2v) is 5.12. The highest BCUT2D eigenvalue weighted by Gasteiger charge is 2.35. The van der Waals surface area contributed by atoms with Gasteiger partial charge < -0.3 is 5.73 Å². The molecule has 2 aliphatic carbocycles. The minimum atomic E-state index is 0.569. The molecule has 2 saturated carbocycles. The number of hydrogen-bond acceptors (Lipinski definition) is 2. The smallest absolute Gasteiger partial charge is 0.121 e. The fraction of sp³-hybridized carbons (Fsp3) is 0.750. The van der Waals surface area contributed by atoms with Crippen LogP contribution in [0.25, 0.3) is 0 Å². The van der Waals surface area contributed by atoms with Gasteiger partial charge >= 0.3 is 0 Å². The molecule has 15 heavy (non-hydrogen) atoms. The molecule has 82 valence electrons. The Kier molecular flexibility index (Phi) is 2.19. The van der Waals surface area contributed by atoms with Gasteiger partial charge in [0.05, 0.1) is 12.2 Å². The largest absolute Gasteiger partial charge is 0.384 e. The number of nitrogens with two attached hydrogens (primary N) is 1. The Morgan fingerprint density at radius 1 is 1.20 bits per heavy atom. The first-order valence-electron chi connectivity index (χ1n) is 6.13. The van der Waals surface area contributed by atoms with Gasteiger partial charge in [-0.2, -0.15) is 5.10 Å². The predicted molar refractivity (Wildman–Crippen MR) is 60.4 cm³/mol. The van der Waals surface area contributed by atoms with Gasteiger partial charge in [-0.05, 0) is 43.6 Å². The van der Waals surface area contributed by atoms with Crippen molar-refractivity contribution in [2.24, 2.45) is 11.8 Å². The average molecular weight is 205 g/mol. The summed E-state index contributed by atoms with van der Waals surface area (Å²) in [5.41, 5.74) is 5.91. The van der Waals surface area contributed by atoms with Crippen LogP contribution in [-0.2, 0) is 0 Å². The highest BCUT2D eigenvalue weighted by molar-refractivity contribution is 5.26. The van der Waals surface area contributed by atoms with Crippen molar-refractivity contribution in [2.75, 3.05) is 5.73 Å². The van der Waals surface area contributed by atoms with Gasteiger partial charge in [0.25, 0.3) is 0 Å². The van der Waals surface area contributed by atoms with Crippen LogP contribution in [0.1, 0.15) is 44.6 Å². The Morgan fingerprint density at radius 3 is 2.73 bits per heavy atom. The number of aromatic nitrogens is 2. The van der Waals surface area contributed by atoms with Crippen LogP contribution >= 0.6 is 0 Å². The van der Waals surface area contributed by atoms with Crippen molar-refractivity contribution in [3.8, 4) is 0 Å². The number of hydrogen-bond donors (Lipinski definition) is 1. The summed E-state index contributed by atoms with van der Waals surface area (Å²) in [7, 11) is 0. The number of rotatable bonds is 2. The van der Waals surface area contributed by atoms with E-state index >= 15 is 0 Å². The molecule has 1 aromatic heterocycles. The first-order valence-corrected chi connectivity index (χ1v) is 6.13. The highest BCUT2D eigenvalue weighted by atomic mass is 15.3. The predicted octanol–water partition coefficient (Wildman–Crippen LogP) is 2.61. The lowest BCUT2D eigenvalue weighted by Crippen LogP contribution is -2.22. The van der Waals surface area contributed by atoms with E-state index in [4.69, 9.17) is 5.73 Å². The normalized spacial score (nSPS) is 31.7. The molecular weight excluding hydrogens is 186 g/mol. The number of anilines is 1. The van der Waals surface area contributed by atoms with Gasteiger partial charge in [0.2, 0.25) is 0 Å². The molecule has 3 rings (SSSR count). The SMILES string of the molecule is Nc1ccnn1C1CCCC(C2CC2)C1. The molecule has 0 aromatic carbocycles. The molecule has 3 heteroatoms. The van der Waals surface area contributed by atoms with Crippen LogP contribution in [0.3, 0.4) is 0 Å². The third-order valence-electron chi connectivity index (χ3n) is 4.02. The lowest BCUT2D eigenvalue weighted by atomic mass is 9.83. The lowest BCUT2D eigenvalue weighted by molar-refractivity contribution is 0.234. The molecule has 2 atom stereocenters. The summed E-state index contributed by atoms with van der Waals surface area (Å²) in [6.45, 7) is 0. The first-order chi connectivity index (χ1) is 7.34. The Balaban J connectivity index is 1.73. The van der Waals surface area contributed by atoms with Crippen molar-refractivity contribution in [3.63, 3.8) is 0 Å². The Bertz CT molecular complexity index is 340. The van der Waals surface area contributed by atoms with Gasteiger partial charge in [0.15, 0.2) is 0 Å². The van der Waals surface area contributed by atoms with Gasteiger partial charge in [-0.3, -0.25) is 0 Å². The molecule has 0 aliphatic heterocycles. The van der Waals surface area contributed by atoms with Crippen LogP contribution in [0.5, 0.6) is 0 Å². The van der Waals surface area contributed by atoms with Crippen molar-refractivity contribution < 1.29 is 0 Å². The van der Waals surface area contributed by atoms with Crippen LogP contribution in [0.4, 0.5) is 5.82 Å². The van der Waals surface area contributed by atoms with Crippen LogP contribution in [0, 0.1) is 11.8 Å². The molecule has 2 unspecified atom stereocenters. The Hall–Kier alpha value is -0.990. The van der Waals surface area contributed by atoms with Crippen LogP contribution in [0.2, 0.25) is 0 Å². The molecule has 0 spiro atoms. The molecule has 2 fully saturated rings. The van der Waals surface area contributed by atoms with E-state index in [9.17, 15) is 0 Å². The maximum absolute atomic E-state index is 5.91. The van der Waals surface area contributed by atoms with Crippen LogP contribution < -0.4 is 5.73 Å². The third-order valence-corrected chi connectivity index (χ3v) is 4.02. The summed E-state index contributed by atoms with van der Waals surface area (Å²) >= 11 is 0. The topological polar surface area (TPSA) is 43.8 Å². The van der Waals surface area contributed by atoms with Gasteiger partial charge in [-0.1, -0.05) is 12.8 Å². The average Bonchev–Trinajstić information content (AvgIpc) is 3.02. The van der Waals surface area contributed by atoms with Gasteiger partial charge in [0, 0.05) is 0 Å². The van der Waals surface area contributed by atoms with E-state index in [2.05, 4.69) is 5.10 Å². The van der Waals surface area contributed by atoms with Crippen LogP contribution in [-0.4, -0.2) is 9.78 Å². The molecule has 1 aromatic rings. The molecule has 0 amide bonds.